The van der Waals surface area contributed by atoms with Crippen molar-refractivity contribution in [2.45, 2.75) is 38.3 Å². The van der Waals surface area contributed by atoms with Crippen molar-refractivity contribution in [3.05, 3.63) is 78.2 Å². The number of carbonyl (C=O) groups excluding carboxylic acids is 3. The van der Waals surface area contributed by atoms with E-state index in [2.05, 4.69) is 10.1 Å². The molecule has 1 aliphatic heterocycles. The number of nitrogens with two attached hydrogens (primary N) is 1. The number of ketones is 1. The van der Waals surface area contributed by atoms with Gasteiger partial charge in [0.2, 0.25) is 5.88 Å². The number of aromatic nitrogens is 2. The van der Waals surface area contributed by atoms with E-state index in [1.54, 1.807) is 42.5 Å². The molecule has 1 amide bonds. The molecule has 2 heterocycles. The Morgan fingerprint density at radius 3 is 2.51 bits per heavy atom. The Labute approximate surface area is 223 Å². The normalized spacial score (nSPS) is 19.3. The number of ether oxygens (including phenoxy) is 2. The Balaban J connectivity index is 1.41. The van der Waals surface area contributed by atoms with Crippen molar-refractivity contribution in [1.29, 1.82) is 0 Å². The van der Waals surface area contributed by atoms with Crippen molar-refractivity contribution in [2.75, 3.05) is 6.61 Å². The predicted octanol–water partition coefficient (Wildman–Crippen LogP) is 2.47. The number of amides is 1. The van der Waals surface area contributed by atoms with Gasteiger partial charge in [-0.2, -0.15) is 5.09 Å². The lowest BCUT2D eigenvalue weighted by molar-refractivity contribution is -0.146. The standard InChI is InChI=1S/C25H27N4O9P/c1-16(25(33)35-13-17-8-4-2-5-9-17)28-39(34,38-18-10-6-3-7-11-18)36-14-19-12-20(30)24(37-19)29-15-27-21(22(26)31)23(29)32/h2-11,15-16,19,24,32H,12-14H2,1H3,(H2,26,31)(H,28,34)/t16-,19-,24+,39?/m0/s1. The molecule has 1 unspecified atom stereocenters. The Morgan fingerprint density at radius 2 is 1.87 bits per heavy atom. The molecular formula is C25H27N4O9P. The third-order valence-corrected chi connectivity index (χ3v) is 7.25. The highest BCUT2D eigenvalue weighted by Crippen LogP contribution is 2.45. The molecule has 206 valence electrons. The van der Waals surface area contributed by atoms with Gasteiger partial charge in [0.05, 0.1) is 12.7 Å². The number of nitrogens with one attached hydrogen (secondary N) is 1. The van der Waals surface area contributed by atoms with E-state index in [4.69, 9.17) is 24.3 Å². The van der Waals surface area contributed by atoms with Crippen LogP contribution in [0.2, 0.25) is 0 Å². The lowest BCUT2D eigenvalue weighted by Crippen LogP contribution is -2.35. The van der Waals surface area contributed by atoms with Crippen LogP contribution in [-0.2, 0) is 34.8 Å². The zero-order chi connectivity index (χ0) is 28.0. The van der Waals surface area contributed by atoms with Crippen LogP contribution >= 0.6 is 7.75 Å². The van der Waals surface area contributed by atoms with E-state index in [-0.39, 0.29) is 25.4 Å². The molecule has 0 radical (unpaired) electrons. The second kappa shape index (κ2) is 12.2. The van der Waals surface area contributed by atoms with Crippen molar-refractivity contribution >= 4 is 25.4 Å². The SMILES string of the molecule is C[C@H](NP(=O)(OC[C@@H]1CC(=O)[C@H](n2cnc(C(N)=O)c2O)O1)Oc1ccccc1)C(=O)OCc1ccccc1. The van der Waals surface area contributed by atoms with Gasteiger partial charge in [-0.25, -0.2) is 9.55 Å². The topological polar surface area (TPSA) is 181 Å². The zero-order valence-corrected chi connectivity index (χ0v) is 21.7. The summed E-state index contributed by atoms with van der Waals surface area (Å²) in [5.74, 6) is -2.52. The minimum absolute atomic E-state index is 0.0222. The second-order valence-corrected chi connectivity index (χ2v) is 10.3. The number of rotatable bonds is 12. The number of benzene rings is 2. The molecule has 3 aromatic rings. The van der Waals surface area contributed by atoms with E-state index in [0.717, 1.165) is 16.5 Å². The van der Waals surface area contributed by atoms with Gasteiger partial charge < -0.3 is 24.8 Å². The summed E-state index contributed by atoms with van der Waals surface area (Å²) < 4.78 is 36.8. The molecule has 13 nitrogen and oxygen atoms in total. The number of aromatic hydroxyl groups is 1. The summed E-state index contributed by atoms with van der Waals surface area (Å²) >= 11 is 0. The van der Waals surface area contributed by atoms with Gasteiger partial charge in [-0.05, 0) is 24.6 Å². The summed E-state index contributed by atoms with van der Waals surface area (Å²) in [6, 6.07) is 16.2. The lowest BCUT2D eigenvalue weighted by atomic mass is 10.2. The summed E-state index contributed by atoms with van der Waals surface area (Å²) in [6.07, 6.45) is -1.30. The van der Waals surface area contributed by atoms with Gasteiger partial charge in [0.25, 0.3) is 5.91 Å². The molecule has 14 heteroatoms. The number of primary amides is 1. The summed E-state index contributed by atoms with van der Waals surface area (Å²) in [7, 11) is -4.20. The van der Waals surface area contributed by atoms with Crippen LogP contribution in [0.15, 0.2) is 67.0 Å². The smallest absolute Gasteiger partial charge is 0.459 e. The number of hydrogen-bond acceptors (Lipinski definition) is 10. The fourth-order valence-electron chi connectivity index (χ4n) is 3.69. The number of carbonyl (C=O) groups is 3. The van der Waals surface area contributed by atoms with Gasteiger partial charge in [-0.1, -0.05) is 48.5 Å². The minimum atomic E-state index is -4.20. The monoisotopic (exact) mass is 558 g/mol. The van der Waals surface area contributed by atoms with Gasteiger partial charge >= 0.3 is 13.7 Å². The molecule has 39 heavy (non-hydrogen) atoms. The number of hydrogen-bond donors (Lipinski definition) is 3. The summed E-state index contributed by atoms with van der Waals surface area (Å²) in [5, 5.41) is 12.7. The molecule has 1 aromatic heterocycles. The molecular weight excluding hydrogens is 531 g/mol. The van der Waals surface area contributed by atoms with Crippen molar-refractivity contribution in [1.82, 2.24) is 14.6 Å². The number of para-hydroxylation sites is 1. The summed E-state index contributed by atoms with van der Waals surface area (Å²) in [6.45, 7) is 1.10. The van der Waals surface area contributed by atoms with Crippen LogP contribution in [0, 0.1) is 0 Å². The Hall–Kier alpha value is -4.03. The van der Waals surface area contributed by atoms with Crippen LogP contribution in [0.25, 0.3) is 0 Å². The molecule has 4 N–H and O–H groups in total. The number of esters is 1. The van der Waals surface area contributed by atoms with Gasteiger partial charge in [0.1, 0.15) is 24.7 Å². The van der Waals surface area contributed by atoms with Gasteiger partial charge in [-0.15, -0.1) is 0 Å². The van der Waals surface area contributed by atoms with Crippen LogP contribution in [0.5, 0.6) is 11.6 Å². The number of Topliss-reactive ketones (excluding diaryl/α,β-unsaturated/α-hetero) is 1. The predicted molar refractivity (Wildman–Crippen MR) is 135 cm³/mol. The van der Waals surface area contributed by atoms with Crippen molar-refractivity contribution in [2.24, 2.45) is 5.73 Å². The third-order valence-electron chi connectivity index (χ3n) is 5.61. The second-order valence-electron chi connectivity index (χ2n) is 8.61. The molecule has 2 aromatic carbocycles. The zero-order valence-electron chi connectivity index (χ0n) is 20.8. The molecule has 0 spiro atoms. The van der Waals surface area contributed by atoms with E-state index < -0.39 is 55.4 Å². The maximum atomic E-state index is 13.7. The molecule has 0 saturated carbocycles. The molecule has 0 bridgehead atoms. The van der Waals surface area contributed by atoms with Crippen LogP contribution in [0.3, 0.4) is 0 Å². The van der Waals surface area contributed by atoms with Gasteiger partial charge in [-0.3, -0.25) is 23.5 Å². The lowest BCUT2D eigenvalue weighted by Gasteiger charge is -2.24. The van der Waals surface area contributed by atoms with Crippen LogP contribution in [0.1, 0.15) is 35.6 Å². The van der Waals surface area contributed by atoms with E-state index >= 15 is 0 Å². The maximum Gasteiger partial charge on any atom is 0.459 e. The molecule has 1 aliphatic rings. The highest BCUT2D eigenvalue weighted by atomic mass is 31.2. The molecule has 0 aliphatic carbocycles. The van der Waals surface area contributed by atoms with Crippen molar-refractivity contribution in [3.8, 4) is 11.6 Å². The fourth-order valence-corrected chi connectivity index (χ4v) is 5.21. The van der Waals surface area contributed by atoms with Gasteiger partial charge in [0, 0.05) is 6.42 Å². The summed E-state index contributed by atoms with van der Waals surface area (Å²) in [5.41, 5.74) is 5.52. The first kappa shape index (κ1) is 28.0. The average molecular weight is 558 g/mol. The first-order valence-corrected chi connectivity index (χ1v) is 13.4. The quantitative estimate of drug-likeness (QED) is 0.219. The fraction of sp³-hybridized carbons (Fsp3) is 0.280. The highest BCUT2D eigenvalue weighted by molar-refractivity contribution is 7.52. The van der Waals surface area contributed by atoms with E-state index in [1.165, 1.54) is 6.92 Å². The minimum Gasteiger partial charge on any atom is -0.493 e. The van der Waals surface area contributed by atoms with E-state index in [9.17, 15) is 24.1 Å². The van der Waals surface area contributed by atoms with Crippen molar-refractivity contribution in [3.63, 3.8) is 0 Å². The van der Waals surface area contributed by atoms with Gasteiger partial charge in [0.15, 0.2) is 17.7 Å². The third kappa shape index (κ3) is 7.09. The Bertz CT molecular complexity index is 1370. The van der Waals surface area contributed by atoms with Crippen LogP contribution in [-0.4, -0.2) is 51.1 Å². The Kier molecular flexibility index (Phi) is 8.77. The first-order chi connectivity index (χ1) is 18.6. The maximum absolute atomic E-state index is 13.7. The molecule has 1 saturated heterocycles. The first-order valence-electron chi connectivity index (χ1n) is 11.9. The number of imidazole rings is 1. The summed E-state index contributed by atoms with van der Waals surface area (Å²) in [4.78, 5) is 40.2. The largest absolute Gasteiger partial charge is 0.493 e. The van der Waals surface area contributed by atoms with E-state index in [0.29, 0.717) is 0 Å². The number of nitrogens with zero attached hydrogens (tertiary/aromatic N) is 2. The van der Waals surface area contributed by atoms with Crippen LogP contribution in [0.4, 0.5) is 0 Å². The average Bonchev–Trinajstić information content (AvgIpc) is 3.48. The molecule has 1 fully saturated rings. The highest BCUT2D eigenvalue weighted by Gasteiger charge is 2.40. The molecule has 4 atom stereocenters. The molecule has 4 rings (SSSR count). The van der Waals surface area contributed by atoms with Crippen LogP contribution < -0.4 is 15.3 Å². The van der Waals surface area contributed by atoms with E-state index in [1.807, 2.05) is 18.2 Å². The van der Waals surface area contributed by atoms with Crippen molar-refractivity contribution < 1.29 is 42.6 Å². The Morgan fingerprint density at radius 1 is 1.21 bits per heavy atom.